The number of amides is 1. The minimum absolute atomic E-state index is 0.145. The van der Waals surface area contributed by atoms with Gasteiger partial charge in [0.1, 0.15) is 0 Å². The van der Waals surface area contributed by atoms with E-state index in [0.717, 1.165) is 31.4 Å². The van der Waals surface area contributed by atoms with E-state index in [0.29, 0.717) is 12.3 Å². The highest BCUT2D eigenvalue weighted by Crippen LogP contribution is 2.28. The van der Waals surface area contributed by atoms with Gasteiger partial charge in [-0.1, -0.05) is 12.8 Å². The van der Waals surface area contributed by atoms with Gasteiger partial charge in [-0.05, 0) is 25.8 Å². The van der Waals surface area contributed by atoms with Gasteiger partial charge in [0.15, 0.2) is 0 Å². The van der Waals surface area contributed by atoms with Crippen molar-refractivity contribution in [3.63, 3.8) is 0 Å². The fourth-order valence-electron chi connectivity index (χ4n) is 2.73. The minimum Gasteiger partial charge on any atom is -0.343 e. The number of hydrogen-bond acceptors (Lipinski definition) is 5. The topological polar surface area (TPSA) is 98.2 Å². The Kier molecular flexibility index (Phi) is 3.13. The largest absolute Gasteiger partial charge is 0.343 e. The summed E-state index contributed by atoms with van der Waals surface area (Å²) in [5.74, 6) is 0.303. The molecule has 0 atom stereocenters. The molecule has 1 amide bonds. The van der Waals surface area contributed by atoms with Crippen molar-refractivity contribution in [2.75, 3.05) is 6.54 Å². The fraction of sp³-hybridized carbons (Fsp3) is 0.538. The lowest BCUT2D eigenvalue weighted by Gasteiger charge is -2.27. The number of nitrogens with zero attached hydrogens (tertiary/aromatic N) is 4. The highest BCUT2D eigenvalue weighted by Gasteiger charge is 2.35. The standard InChI is InChI=1S/C13H18N6O/c1-9-4-7-15-12-16-10(18-19(9)12)11(20)17-13(8-14)5-2-3-6-13/h4,7H,2-3,5-6,8,14H2,1H3,(H,17,20). The number of nitrogens with one attached hydrogen (secondary N) is 1. The molecule has 1 aliphatic rings. The Morgan fingerprint density at radius 2 is 2.25 bits per heavy atom. The van der Waals surface area contributed by atoms with Gasteiger partial charge in [0, 0.05) is 18.4 Å². The summed E-state index contributed by atoms with van der Waals surface area (Å²) in [7, 11) is 0. The Morgan fingerprint density at radius 3 is 2.90 bits per heavy atom. The molecule has 3 rings (SSSR count). The number of rotatable bonds is 3. The van der Waals surface area contributed by atoms with E-state index in [-0.39, 0.29) is 17.3 Å². The maximum absolute atomic E-state index is 12.3. The second-order valence-corrected chi connectivity index (χ2v) is 5.38. The van der Waals surface area contributed by atoms with Crippen LogP contribution in [0.15, 0.2) is 12.3 Å². The average Bonchev–Trinajstić information content (AvgIpc) is 3.06. The van der Waals surface area contributed by atoms with Gasteiger partial charge in [0.25, 0.3) is 11.7 Å². The summed E-state index contributed by atoms with van der Waals surface area (Å²) in [4.78, 5) is 20.6. The highest BCUT2D eigenvalue weighted by atomic mass is 16.2. The maximum atomic E-state index is 12.3. The number of hydrogen-bond donors (Lipinski definition) is 2. The molecule has 0 saturated heterocycles. The van der Waals surface area contributed by atoms with Crippen LogP contribution in [0.1, 0.15) is 42.0 Å². The number of nitrogens with two attached hydrogens (primary N) is 1. The van der Waals surface area contributed by atoms with Gasteiger partial charge < -0.3 is 11.1 Å². The van der Waals surface area contributed by atoms with Crippen molar-refractivity contribution < 1.29 is 4.79 Å². The van der Waals surface area contributed by atoms with E-state index in [9.17, 15) is 4.79 Å². The Hall–Kier alpha value is -2.02. The molecule has 3 N–H and O–H groups in total. The zero-order valence-electron chi connectivity index (χ0n) is 11.5. The highest BCUT2D eigenvalue weighted by molar-refractivity contribution is 5.91. The third-order valence-corrected chi connectivity index (χ3v) is 3.96. The van der Waals surface area contributed by atoms with Crippen molar-refractivity contribution in [3.05, 3.63) is 23.8 Å². The number of carbonyl (C=O) groups excluding carboxylic acids is 1. The molecule has 0 aliphatic heterocycles. The summed E-state index contributed by atoms with van der Waals surface area (Å²) in [5, 5.41) is 7.22. The molecule has 7 nitrogen and oxygen atoms in total. The molecule has 0 bridgehead atoms. The molecule has 2 aromatic rings. The quantitative estimate of drug-likeness (QED) is 0.846. The molecular weight excluding hydrogens is 256 g/mol. The second kappa shape index (κ2) is 4.82. The molecule has 0 spiro atoms. The first kappa shape index (κ1) is 13.0. The molecule has 7 heteroatoms. The summed E-state index contributed by atoms with van der Waals surface area (Å²) in [6.07, 6.45) is 5.67. The summed E-state index contributed by atoms with van der Waals surface area (Å²) < 4.78 is 1.57. The zero-order chi connectivity index (χ0) is 14.2. The predicted octanol–water partition coefficient (Wildman–Crippen LogP) is 0.434. The normalized spacial score (nSPS) is 17.5. The van der Waals surface area contributed by atoms with Crippen LogP contribution in [-0.4, -0.2) is 37.6 Å². The van der Waals surface area contributed by atoms with Crippen molar-refractivity contribution in [2.45, 2.75) is 38.1 Å². The Morgan fingerprint density at radius 1 is 1.50 bits per heavy atom. The van der Waals surface area contributed by atoms with E-state index in [4.69, 9.17) is 5.73 Å². The van der Waals surface area contributed by atoms with Crippen molar-refractivity contribution in [1.29, 1.82) is 0 Å². The number of fused-ring (bicyclic) bond motifs is 1. The molecular formula is C13H18N6O. The van der Waals surface area contributed by atoms with E-state index in [2.05, 4.69) is 20.4 Å². The Labute approximate surface area is 116 Å². The van der Waals surface area contributed by atoms with Crippen molar-refractivity contribution in [3.8, 4) is 0 Å². The molecule has 2 heterocycles. The van der Waals surface area contributed by atoms with Crippen LogP contribution in [0.3, 0.4) is 0 Å². The van der Waals surface area contributed by atoms with Crippen molar-refractivity contribution >= 4 is 11.7 Å². The molecule has 0 unspecified atom stereocenters. The lowest BCUT2D eigenvalue weighted by Crippen LogP contribution is -2.51. The molecule has 0 aromatic carbocycles. The van der Waals surface area contributed by atoms with Crippen LogP contribution in [-0.2, 0) is 0 Å². The van der Waals surface area contributed by atoms with Crippen LogP contribution in [0.5, 0.6) is 0 Å². The summed E-state index contributed by atoms with van der Waals surface area (Å²) >= 11 is 0. The third-order valence-electron chi connectivity index (χ3n) is 3.96. The number of carbonyl (C=O) groups is 1. The lowest BCUT2D eigenvalue weighted by molar-refractivity contribution is 0.0892. The third kappa shape index (κ3) is 2.14. The second-order valence-electron chi connectivity index (χ2n) is 5.38. The molecule has 2 aromatic heterocycles. The van der Waals surface area contributed by atoms with Gasteiger partial charge in [-0.15, -0.1) is 5.10 Å². The van der Waals surface area contributed by atoms with Crippen LogP contribution >= 0.6 is 0 Å². The van der Waals surface area contributed by atoms with E-state index < -0.39 is 0 Å². The van der Waals surface area contributed by atoms with Crippen LogP contribution in [0, 0.1) is 6.92 Å². The number of aromatic nitrogens is 4. The zero-order valence-corrected chi connectivity index (χ0v) is 11.5. The molecule has 20 heavy (non-hydrogen) atoms. The van der Waals surface area contributed by atoms with Crippen LogP contribution in [0.25, 0.3) is 5.78 Å². The lowest BCUT2D eigenvalue weighted by atomic mass is 9.98. The molecule has 1 saturated carbocycles. The summed E-state index contributed by atoms with van der Waals surface area (Å²) in [6, 6.07) is 1.82. The van der Waals surface area contributed by atoms with Gasteiger partial charge in [0.05, 0.1) is 5.54 Å². The Balaban J connectivity index is 1.87. The van der Waals surface area contributed by atoms with E-state index in [1.807, 2.05) is 13.0 Å². The first-order chi connectivity index (χ1) is 9.63. The first-order valence-corrected chi connectivity index (χ1v) is 6.84. The molecule has 106 valence electrons. The van der Waals surface area contributed by atoms with Crippen LogP contribution in [0.2, 0.25) is 0 Å². The first-order valence-electron chi connectivity index (χ1n) is 6.84. The van der Waals surface area contributed by atoms with Gasteiger partial charge in [-0.2, -0.15) is 4.98 Å². The molecule has 0 radical (unpaired) electrons. The fourth-order valence-corrected chi connectivity index (χ4v) is 2.73. The van der Waals surface area contributed by atoms with Gasteiger partial charge in [0.2, 0.25) is 5.82 Å². The van der Waals surface area contributed by atoms with Crippen molar-refractivity contribution in [1.82, 2.24) is 24.9 Å². The van der Waals surface area contributed by atoms with Gasteiger partial charge in [-0.3, -0.25) is 4.79 Å². The molecule has 1 fully saturated rings. The van der Waals surface area contributed by atoms with Gasteiger partial charge >= 0.3 is 0 Å². The monoisotopic (exact) mass is 274 g/mol. The predicted molar refractivity (Wildman–Crippen MR) is 73.2 cm³/mol. The summed E-state index contributed by atoms with van der Waals surface area (Å²) in [5.41, 5.74) is 6.41. The molecule has 1 aliphatic carbocycles. The van der Waals surface area contributed by atoms with E-state index in [1.165, 1.54) is 0 Å². The SMILES string of the molecule is Cc1ccnc2nc(C(=O)NC3(CN)CCCC3)nn12. The Bertz CT molecular complexity index is 643. The smallest absolute Gasteiger partial charge is 0.291 e. The van der Waals surface area contributed by atoms with E-state index >= 15 is 0 Å². The average molecular weight is 274 g/mol. The maximum Gasteiger partial charge on any atom is 0.291 e. The minimum atomic E-state index is -0.295. The van der Waals surface area contributed by atoms with E-state index in [1.54, 1.807) is 10.7 Å². The van der Waals surface area contributed by atoms with Gasteiger partial charge in [-0.25, -0.2) is 9.50 Å². The van der Waals surface area contributed by atoms with Crippen molar-refractivity contribution in [2.24, 2.45) is 5.73 Å². The van der Waals surface area contributed by atoms with Crippen LogP contribution < -0.4 is 11.1 Å². The summed E-state index contributed by atoms with van der Waals surface area (Å²) in [6.45, 7) is 2.34. The van der Waals surface area contributed by atoms with Crippen LogP contribution in [0.4, 0.5) is 0 Å². The number of aryl methyl sites for hydroxylation is 1.